The maximum absolute atomic E-state index is 3.94. The van der Waals surface area contributed by atoms with Gasteiger partial charge in [-0.25, -0.2) is 0 Å². The third-order valence-electron chi connectivity index (χ3n) is 2.51. The fourth-order valence-electron chi connectivity index (χ4n) is 1.72. The molecule has 2 rings (SSSR count). The molecule has 0 aliphatic rings. The second kappa shape index (κ2) is 6.32. The standard InChI is InChI=1S/C15H14IP/c1-2-15(16)17(13-9-5-3-6-10-13)14-11-7-4-8-12-14/h2-12,15H,1H2. The highest BCUT2D eigenvalue weighted by Gasteiger charge is 2.19. The van der Waals surface area contributed by atoms with Crippen molar-refractivity contribution in [3.8, 4) is 0 Å². The van der Waals surface area contributed by atoms with Crippen molar-refractivity contribution in [1.82, 2.24) is 0 Å². The SMILES string of the molecule is C=CC(I)P(c1ccccc1)c1ccccc1. The largest absolute Gasteiger partial charge is 0.102 e. The zero-order valence-electron chi connectivity index (χ0n) is 9.46. The molecule has 0 nitrogen and oxygen atoms in total. The molecule has 0 aliphatic heterocycles. The van der Waals surface area contributed by atoms with Crippen LogP contribution >= 0.6 is 30.5 Å². The van der Waals surface area contributed by atoms with E-state index in [0.717, 1.165) is 0 Å². The van der Waals surface area contributed by atoms with E-state index in [4.69, 9.17) is 0 Å². The molecule has 0 bridgehead atoms. The van der Waals surface area contributed by atoms with Crippen LogP contribution < -0.4 is 10.6 Å². The zero-order chi connectivity index (χ0) is 12.1. The van der Waals surface area contributed by atoms with Gasteiger partial charge in [-0.05, 0) is 18.5 Å². The van der Waals surface area contributed by atoms with Gasteiger partial charge in [-0.15, -0.1) is 6.58 Å². The molecule has 0 heterocycles. The quantitative estimate of drug-likeness (QED) is 0.337. The first-order chi connectivity index (χ1) is 8.33. The fraction of sp³-hybridized carbons (Fsp3) is 0.0667. The molecule has 0 amide bonds. The Morgan fingerprint density at radius 3 is 1.65 bits per heavy atom. The molecule has 2 aromatic rings. The molecule has 0 aromatic heterocycles. The Morgan fingerprint density at radius 2 is 1.29 bits per heavy atom. The average Bonchev–Trinajstić information content (AvgIpc) is 2.41. The van der Waals surface area contributed by atoms with Gasteiger partial charge < -0.3 is 0 Å². The molecule has 0 saturated heterocycles. The number of hydrogen-bond acceptors (Lipinski definition) is 0. The summed E-state index contributed by atoms with van der Waals surface area (Å²) < 4.78 is 0.465. The summed E-state index contributed by atoms with van der Waals surface area (Å²) in [5.41, 5.74) is 0. The number of hydrogen-bond donors (Lipinski definition) is 0. The molecule has 1 unspecified atom stereocenters. The Morgan fingerprint density at radius 1 is 0.882 bits per heavy atom. The highest BCUT2D eigenvalue weighted by atomic mass is 127. The molecular weight excluding hydrogens is 338 g/mol. The van der Waals surface area contributed by atoms with Gasteiger partial charge in [0.1, 0.15) is 0 Å². The highest BCUT2D eigenvalue weighted by Crippen LogP contribution is 2.43. The van der Waals surface area contributed by atoms with E-state index in [0.29, 0.717) is 3.67 Å². The van der Waals surface area contributed by atoms with Crippen LogP contribution in [0.3, 0.4) is 0 Å². The minimum atomic E-state index is -0.344. The summed E-state index contributed by atoms with van der Waals surface area (Å²) in [6.45, 7) is 3.94. The molecule has 2 aromatic carbocycles. The van der Waals surface area contributed by atoms with Crippen molar-refractivity contribution in [2.24, 2.45) is 0 Å². The smallest absolute Gasteiger partial charge is 0.0568 e. The summed E-state index contributed by atoms with van der Waals surface area (Å²) in [5.74, 6) is 0. The first kappa shape index (κ1) is 12.8. The summed E-state index contributed by atoms with van der Waals surface area (Å²) in [6, 6.07) is 21.4. The van der Waals surface area contributed by atoms with Crippen LogP contribution in [0.15, 0.2) is 73.3 Å². The predicted octanol–water partition coefficient (Wildman–Crippen LogP) is 4.07. The lowest BCUT2D eigenvalue weighted by Gasteiger charge is -2.21. The Balaban J connectivity index is 2.43. The van der Waals surface area contributed by atoms with E-state index in [-0.39, 0.29) is 7.92 Å². The third-order valence-corrected chi connectivity index (χ3v) is 7.10. The Hall–Kier alpha value is -0.660. The number of rotatable bonds is 4. The van der Waals surface area contributed by atoms with Crippen molar-refractivity contribution in [1.29, 1.82) is 0 Å². The minimum Gasteiger partial charge on any atom is -0.102 e. The molecule has 17 heavy (non-hydrogen) atoms. The molecule has 1 atom stereocenters. The number of allylic oxidation sites excluding steroid dienone is 1. The summed E-state index contributed by atoms with van der Waals surface area (Å²) in [6.07, 6.45) is 2.05. The Bertz CT molecular complexity index is 427. The van der Waals surface area contributed by atoms with E-state index in [2.05, 4.69) is 89.8 Å². The van der Waals surface area contributed by atoms with Gasteiger partial charge in [-0.1, -0.05) is 89.3 Å². The molecule has 0 N–H and O–H groups in total. The second-order valence-electron chi connectivity index (χ2n) is 3.65. The maximum atomic E-state index is 3.94. The molecule has 0 saturated carbocycles. The number of benzene rings is 2. The zero-order valence-corrected chi connectivity index (χ0v) is 12.5. The highest BCUT2D eigenvalue weighted by molar-refractivity contribution is 14.1. The van der Waals surface area contributed by atoms with Crippen molar-refractivity contribution in [3.05, 3.63) is 73.3 Å². The fourth-order valence-corrected chi connectivity index (χ4v) is 5.71. The van der Waals surface area contributed by atoms with Crippen LogP contribution in [0.4, 0.5) is 0 Å². The van der Waals surface area contributed by atoms with Gasteiger partial charge >= 0.3 is 0 Å². The number of halogens is 1. The summed E-state index contributed by atoms with van der Waals surface area (Å²) in [4.78, 5) is 0. The van der Waals surface area contributed by atoms with Gasteiger partial charge in [0.25, 0.3) is 0 Å². The van der Waals surface area contributed by atoms with Crippen molar-refractivity contribution in [2.75, 3.05) is 0 Å². The van der Waals surface area contributed by atoms with E-state index in [1.54, 1.807) is 0 Å². The van der Waals surface area contributed by atoms with Gasteiger partial charge in [0.15, 0.2) is 0 Å². The molecule has 2 heteroatoms. The third kappa shape index (κ3) is 3.17. The lowest BCUT2D eigenvalue weighted by molar-refractivity contribution is 1.68. The molecule has 0 spiro atoms. The first-order valence-corrected chi connectivity index (χ1v) is 8.14. The predicted molar refractivity (Wildman–Crippen MR) is 87.1 cm³/mol. The van der Waals surface area contributed by atoms with Gasteiger partial charge in [0, 0.05) is 0 Å². The van der Waals surface area contributed by atoms with Crippen LogP contribution in [-0.2, 0) is 0 Å². The summed E-state index contributed by atoms with van der Waals surface area (Å²) >= 11 is 2.49. The van der Waals surface area contributed by atoms with Crippen LogP contribution in [0.25, 0.3) is 0 Å². The molecule has 0 fully saturated rings. The number of alkyl halides is 1. The summed E-state index contributed by atoms with van der Waals surface area (Å²) in [7, 11) is -0.344. The Labute approximate surface area is 118 Å². The normalized spacial score (nSPS) is 12.4. The van der Waals surface area contributed by atoms with Crippen LogP contribution in [0.2, 0.25) is 0 Å². The minimum absolute atomic E-state index is 0.344. The van der Waals surface area contributed by atoms with E-state index in [1.807, 2.05) is 6.08 Å². The van der Waals surface area contributed by atoms with Gasteiger partial charge in [0.2, 0.25) is 0 Å². The van der Waals surface area contributed by atoms with E-state index in [9.17, 15) is 0 Å². The monoisotopic (exact) mass is 352 g/mol. The summed E-state index contributed by atoms with van der Waals surface area (Å²) in [5, 5.41) is 2.82. The van der Waals surface area contributed by atoms with Crippen molar-refractivity contribution in [2.45, 2.75) is 3.67 Å². The van der Waals surface area contributed by atoms with Gasteiger partial charge in [0.05, 0.1) is 3.67 Å². The van der Waals surface area contributed by atoms with Crippen molar-refractivity contribution >= 4 is 41.1 Å². The van der Waals surface area contributed by atoms with Crippen LogP contribution in [0.1, 0.15) is 0 Å². The molecule has 86 valence electrons. The van der Waals surface area contributed by atoms with E-state index < -0.39 is 0 Å². The van der Waals surface area contributed by atoms with E-state index >= 15 is 0 Å². The lowest BCUT2D eigenvalue weighted by atomic mass is 10.4. The van der Waals surface area contributed by atoms with Crippen LogP contribution in [0.5, 0.6) is 0 Å². The van der Waals surface area contributed by atoms with Gasteiger partial charge in [-0.3, -0.25) is 0 Å². The maximum Gasteiger partial charge on any atom is 0.0568 e. The van der Waals surface area contributed by atoms with E-state index in [1.165, 1.54) is 10.6 Å². The lowest BCUT2D eigenvalue weighted by Crippen LogP contribution is -2.16. The average molecular weight is 352 g/mol. The van der Waals surface area contributed by atoms with Crippen molar-refractivity contribution < 1.29 is 0 Å². The second-order valence-corrected chi connectivity index (χ2v) is 8.31. The van der Waals surface area contributed by atoms with Crippen molar-refractivity contribution in [3.63, 3.8) is 0 Å². The van der Waals surface area contributed by atoms with Gasteiger partial charge in [-0.2, -0.15) is 0 Å². The molecular formula is C15H14IP. The van der Waals surface area contributed by atoms with Crippen LogP contribution in [-0.4, -0.2) is 3.67 Å². The molecule has 0 aliphatic carbocycles. The molecule has 0 radical (unpaired) electrons. The van der Waals surface area contributed by atoms with Crippen LogP contribution in [0, 0.1) is 0 Å². The Kier molecular flexibility index (Phi) is 4.75. The topological polar surface area (TPSA) is 0 Å². The first-order valence-electron chi connectivity index (χ1n) is 5.49.